The topological polar surface area (TPSA) is 83.8 Å². The Kier molecular flexibility index (Phi) is 13.4. The van der Waals surface area contributed by atoms with Gasteiger partial charge in [0.05, 0.1) is 0 Å². The van der Waals surface area contributed by atoms with Crippen LogP contribution in [0.2, 0.25) is 0 Å². The van der Waals surface area contributed by atoms with Gasteiger partial charge in [-0.1, -0.05) is 0 Å². The normalized spacial score (nSPS) is 12.2. The average Bonchev–Trinajstić information content (AvgIpc) is 1.61. The van der Waals surface area contributed by atoms with Gasteiger partial charge in [-0.05, 0) is 0 Å². The van der Waals surface area contributed by atoms with Crippen LogP contribution in [0.1, 0.15) is 6.92 Å². The molecule has 11 heavy (non-hydrogen) atoms. The number of rotatable bonds is 1. The Hall–Kier alpha value is 0.357. The summed E-state index contributed by atoms with van der Waals surface area (Å²) in [7, 11) is -2.97. The molecule has 0 aliphatic heterocycles. The fourth-order valence-corrected chi connectivity index (χ4v) is 0. The van der Waals surface area contributed by atoms with Gasteiger partial charge in [0, 0.05) is 0 Å². The quantitative estimate of drug-likeness (QED) is 0.429. The van der Waals surface area contributed by atoms with Gasteiger partial charge in [-0.2, -0.15) is 8.42 Å². The van der Waals surface area contributed by atoms with Crippen LogP contribution in [0.15, 0.2) is 0 Å². The SMILES string of the molecule is F.O=S(=O)(O)O.[Li][CH](C)OC. The minimum absolute atomic E-state index is 0. The van der Waals surface area contributed by atoms with Crippen LogP contribution in [0.4, 0.5) is 4.70 Å². The van der Waals surface area contributed by atoms with Crippen LogP contribution in [-0.2, 0) is 15.1 Å². The van der Waals surface area contributed by atoms with E-state index in [1.165, 1.54) is 0 Å². The maximum absolute atomic E-state index is 8.74. The summed E-state index contributed by atoms with van der Waals surface area (Å²) >= 11 is 2.00. The van der Waals surface area contributed by atoms with Gasteiger partial charge in [-0.25, -0.2) is 0 Å². The molecule has 0 saturated carbocycles. The van der Waals surface area contributed by atoms with Gasteiger partial charge in [0.2, 0.25) is 0 Å². The van der Waals surface area contributed by atoms with Crippen LogP contribution in [0.5, 0.6) is 0 Å². The van der Waals surface area contributed by atoms with Crippen molar-refractivity contribution in [2.75, 3.05) is 7.11 Å². The van der Waals surface area contributed by atoms with E-state index in [1.54, 1.807) is 7.11 Å². The van der Waals surface area contributed by atoms with Crippen LogP contribution < -0.4 is 0 Å². The molecular formula is C3H10FLiO5S. The zero-order valence-corrected chi connectivity index (χ0v) is 7.33. The molecule has 0 spiro atoms. The Morgan fingerprint density at radius 3 is 1.55 bits per heavy atom. The van der Waals surface area contributed by atoms with E-state index in [0.717, 1.165) is 0 Å². The van der Waals surface area contributed by atoms with E-state index in [4.69, 9.17) is 22.3 Å². The van der Waals surface area contributed by atoms with Crippen molar-refractivity contribution >= 4 is 28.1 Å². The van der Waals surface area contributed by atoms with Crippen molar-refractivity contribution in [1.82, 2.24) is 0 Å². The summed E-state index contributed by atoms with van der Waals surface area (Å²) in [5, 5.41) is 0. The molecule has 0 aromatic rings. The van der Waals surface area contributed by atoms with Crippen molar-refractivity contribution in [3.63, 3.8) is 0 Å². The molecule has 0 aliphatic rings. The van der Waals surface area contributed by atoms with E-state index >= 15 is 0 Å². The number of halogens is 1. The third-order valence-electron chi connectivity index (χ3n) is 0.471. The molecule has 66 valence electrons. The Labute approximate surface area is 74.3 Å². The molecule has 1 unspecified atom stereocenters. The summed E-state index contributed by atoms with van der Waals surface area (Å²) < 4.78 is 36.7. The van der Waals surface area contributed by atoms with Crippen molar-refractivity contribution in [2.24, 2.45) is 0 Å². The van der Waals surface area contributed by atoms with Crippen molar-refractivity contribution in [1.29, 1.82) is 0 Å². The van der Waals surface area contributed by atoms with E-state index in [9.17, 15) is 0 Å². The van der Waals surface area contributed by atoms with Gasteiger partial charge in [0.25, 0.3) is 0 Å². The molecule has 0 heterocycles. The molecule has 5 nitrogen and oxygen atoms in total. The number of hydrogen-bond donors (Lipinski definition) is 2. The summed E-state index contributed by atoms with van der Waals surface area (Å²) in [5.41, 5.74) is 0. The van der Waals surface area contributed by atoms with E-state index in [-0.39, 0.29) is 4.70 Å². The summed E-state index contributed by atoms with van der Waals surface area (Å²) in [6.07, 6.45) is 0. The summed E-state index contributed by atoms with van der Waals surface area (Å²) in [6, 6.07) is 0. The van der Waals surface area contributed by atoms with Gasteiger partial charge >= 0.3 is 51.7 Å². The first kappa shape index (κ1) is 17.4. The summed E-state index contributed by atoms with van der Waals surface area (Å²) in [4.78, 5) is 0. The summed E-state index contributed by atoms with van der Waals surface area (Å²) in [5.74, 6) is 0. The Morgan fingerprint density at radius 2 is 1.55 bits per heavy atom. The van der Waals surface area contributed by atoms with Crippen LogP contribution >= 0.6 is 0 Å². The van der Waals surface area contributed by atoms with Crippen molar-refractivity contribution < 1.29 is 27.0 Å². The van der Waals surface area contributed by atoms with Crippen LogP contribution in [0.25, 0.3) is 0 Å². The molecular weight excluding hydrogens is 174 g/mol. The molecule has 0 fully saturated rings. The Bertz CT molecular complexity index is 147. The first-order valence-electron chi connectivity index (χ1n) is 2.50. The van der Waals surface area contributed by atoms with Crippen molar-refractivity contribution in [3.8, 4) is 0 Å². The monoisotopic (exact) mass is 184 g/mol. The third-order valence-corrected chi connectivity index (χ3v) is 0.471. The van der Waals surface area contributed by atoms with E-state index in [0.29, 0.717) is 4.78 Å². The molecule has 2 N–H and O–H groups in total. The van der Waals surface area contributed by atoms with Crippen LogP contribution in [0.3, 0.4) is 0 Å². The van der Waals surface area contributed by atoms with Crippen LogP contribution in [-0.4, -0.2) is 47.1 Å². The molecule has 0 aliphatic carbocycles. The second-order valence-electron chi connectivity index (χ2n) is 1.73. The zero-order chi connectivity index (χ0) is 8.78. The number of hydrogen-bond acceptors (Lipinski definition) is 3. The molecule has 0 amide bonds. The second kappa shape index (κ2) is 8.45. The maximum atomic E-state index is 8.74. The van der Waals surface area contributed by atoms with Crippen LogP contribution in [0, 0.1) is 0 Å². The third kappa shape index (κ3) is 130. The van der Waals surface area contributed by atoms with Gasteiger partial charge in [-0.3, -0.25) is 13.8 Å². The average molecular weight is 184 g/mol. The minimum atomic E-state index is -4.67. The predicted octanol–water partition coefficient (Wildman–Crippen LogP) is -0.353. The van der Waals surface area contributed by atoms with E-state index in [1.807, 2.05) is 24.6 Å². The second-order valence-corrected chi connectivity index (χ2v) is 2.63. The van der Waals surface area contributed by atoms with Crippen molar-refractivity contribution in [2.45, 2.75) is 11.7 Å². The van der Waals surface area contributed by atoms with Gasteiger partial charge < -0.3 is 0 Å². The Morgan fingerprint density at radius 1 is 1.45 bits per heavy atom. The first-order valence-corrected chi connectivity index (χ1v) is 3.89. The first-order chi connectivity index (χ1) is 4.27. The van der Waals surface area contributed by atoms with Gasteiger partial charge in [0.1, 0.15) is 0 Å². The molecule has 0 saturated heterocycles. The molecule has 8 heteroatoms. The molecule has 1 atom stereocenters. The van der Waals surface area contributed by atoms with E-state index < -0.39 is 10.4 Å². The molecule has 0 aromatic carbocycles. The standard InChI is InChI=1S/C3H7O.FH.Li.H2O4S/c1-3-4-2;;;1-5(2,3)4/h3H,1-2H3;1H;;(H2,1,2,3,4). The molecule has 0 aromatic heterocycles. The summed E-state index contributed by atoms with van der Waals surface area (Å²) in [6.45, 7) is 2.00. The zero-order valence-electron chi connectivity index (χ0n) is 6.51. The van der Waals surface area contributed by atoms with Crippen molar-refractivity contribution in [3.05, 3.63) is 0 Å². The van der Waals surface area contributed by atoms with E-state index in [2.05, 4.69) is 0 Å². The molecule has 0 rings (SSSR count). The Balaban J connectivity index is -0.000000107. The molecule has 0 bridgehead atoms. The molecule has 0 radical (unpaired) electrons. The number of ether oxygens (including phenoxy) is 1. The van der Waals surface area contributed by atoms with Gasteiger partial charge in [-0.15, -0.1) is 0 Å². The number of methoxy groups -OCH3 is 1. The fraction of sp³-hybridized carbons (Fsp3) is 1.00. The van der Waals surface area contributed by atoms with Gasteiger partial charge in [0.15, 0.2) is 0 Å². The predicted molar refractivity (Wildman–Crippen MR) is 38.9 cm³/mol. The fourth-order valence-electron chi connectivity index (χ4n) is 0.